The molecular weight excluding hydrogens is 506 g/mol. The molecule has 1 aliphatic rings. The van der Waals surface area contributed by atoms with Gasteiger partial charge in [-0.1, -0.05) is 41.7 Å². The van der Waals surface area contributed by atoms with Crippen LogP contribution in [0.3, 0.4) is 0 Å². The maximum absolute atomic E-state index is 13.3. The largest absolute Gasteiger partial charge is 0.494 e. The van der Waals surface area contributed by atoms with Gasteiger partial charge in [0, 0.05) is 25.2 Å². The molecule has 0 aliphatic carbocycles. The molecule has 4 aromatic rings. The zero-order valence-corrected chi connectivity index (χ0v) is 22.1. The number of allylic oxidation sites excluding steroid dienone is 1. The van der Waals surface area contributed by atoms with E-state index in [-0.39, 0.29) is 4.90 Å². The number of aromatic nitrogens is 1. The van der Waals surface area contributed by atoms with Gasteiger partial charge in [0.1, 0.15) is 5.75 Å². The SMILES string of the molecule is C=CCn1c(=NC(=O)c2ccc(S(=O)(=O)N3CCc4ccccc4C3)cc2)sc2cc(OCC)ccc21. The second kappa shape index (κ2) is 10.5. The Morgan fingerprint density at radius 2 is 1.86 bits per heavy atom. The minimum Gasteiger partial charge on any atom is -0.494 e. The van der Waals surface area contributed by atoms with Crippen LogP contribution in [0, 0.1) is 0 Å². The minimum atomic E-state index is -3.68. The number of fused-ring (bicyclic) bond motifs is 2. The van der Waals surface area contributed by atoms with Gasteiger partial charge in [-0.15, -0.1) is 6.58 Å². The van der Waals surface area contributed by atoms with Crippen LogP contribution in [0.2, 0.25) is 0 Å². The fourth-order valence-electron chi connectivity index (χ4n) is 4.45. The van der Waals surface area contributed by atoms with E-state index >= 15 is 0 Å². The summed E-state index contributed by atoms with van der Waals surface area (Å²) in [6.07, 6.45) is 2.43. The van der Waals surface area contributed by atoms with Crippen LogP contribution in [0.5, 0.6) is 5.75 Å². The van der Waals surface area contributed by atoms with Crippen LogP contribution in [0.25, 0.3) is 10.2 Å². The second-order valence-corrected chi connectivity index (χ2v) is 11.6. The van der Waals surface area contributed by atoms with Gasteiger partial charge in [-0.3, -0.25) is 4.79 Å². The second-order valence-electron chi connectivity index (χ2n) is 8.65. The number of carbonyl (C=O) groups is 1. The molecule has 5 rings (SSSR count). The van der Waals surface area contributed by atoms with Gasteiger partial charge in [0.15, 0.2) is 4.80 Å². The Morgan fingerprint density at radius 1 is 1.11 bits per heavy atom. The van der Waals surface area contributed by atoms with E-state index in [0.29, 0.717) is 43.0 Å². The molecule has 190 valence electrons. The summed E-state index contributed by atoms with van der Waals surface area (Å²) in [6.45, 7) is 7.58. The van der Waals surface area contributed by atoms with Crippen molar-refractivity contribution in [3.05, 3.63) is 101 Å². The predicted molar refractivity (Wildman–Crippen MR) is 145 cm³/mol. The molecule has 0 saturated heterocycles. The summed E-state index contributed by atoms with van der Waals surface area (Å²) in [5, 5.41) is 0. The summed E-state index contributed by atoms with van der Waals surface area (Å²) in [5.74, 6) is 0.319. The molecule has 0 radical (unpaired) electrons. The Morgan fingerprint density at radius 3 is 2.59 bits per heavy atom. The molecular formula is C28H27N3O4S2. The first-order valence-corrected chi connectivity index (χ1v) is 14.3. The number of rotatable bonds is 7. The van der Waals surface area contributed by atoms with E-state index in [9.17, 15) is 13.2 Å². The maximum Gasteiger partial charge on any atom is 0.279 e. The van der Waals surface area contributed by atoms with Crippen molar-refractivity contribution in [1.82, 2.24) is 8.87 Å². The lowest BCUT2D eigenvalue weighted by molar-refractivity contribution is 0.0997. The minimum absolute atomic E-state index is 0.162. The van der Waals surface area contributed by atoms with Gasteiger partial charge in [-0.25, -0.2) is 8.42 Å². The van der Waals surface area contributed by atoms with Crippen LogP contribution in [0.15, 0.2) is 89.3 Å². The Kier molecular flexibility index (Phi) is 7.10. The number of thiazole rings is 1. The van der Waals surface area contributed by atoms with Gasteiger partial charge in [0.25, 0.3) is 5.91 Å². The summed E-state index contributed by atoms with van der Waals surface area (Å²) in [6, 6.07) is 19.7. The predicted octanol–water partition coefficient (Wildman–Crippen LogP) is 4.78. The Balaban J connectivity index is 1.41. The quantitative estimate of drug-likeness (QED) is 0.320. The van der Waals surface area contributed by atoms with E-state index < -0.39 is 15.9 Å². The standard InChI is InChI=1S/C28H27N3O4S2/c1-3-16-31-25-14-11-23(35-4-2)18-26(25)36-28(31)29-27(32)21-9-12-24(13-10-21)37(33,34)30-17-15-20-7-5-6-8-22(20)19-30/h3,5-14,18H,1,4,15-17,19H2,2H3. The topological polar surface area (TPSA) is 81.0 Å². The summed E-state index contributed by atoms with van der Waals surface area (Å²) in [5.41, 5.74) is 3.46. The van der Waals surface area contributed by atoms with E-state index in [1.54, 1.807) is 6.08 Å². The lowest BCUT2D eigenvalue weighted by atomic mass is 10.0. The molecule has 0 unspecified atom stereocenters. The summed E-state index contributed by atoms with van der Waals surface area (Å²) >= 11 is 1.39. The van der Waals surface area contributed by atoms with Crippen LogP contribution in [0.1, 0.15) is 28.4 Å². The third kappa shape index (κ3) is 5.02. The van der Waals surface area contributed by atoms with Crippen molar-refractivity contribution in [2.75, 3.05) is 13.2 Å². The lowest BCUT2D eigenvalue weighted by Gasteiger charge is -2.28. The van der Waals surface area contributed by atoms with E-state index in [1.165, 1.54) is 45.5 Å². The first-order chi connectivity index (χ1) is 17.9. The van der Waals surface area contributed by atoms with E-state index in [2.05, 4.69) is 11.6 Å². The highest BCUT2D eigenvalue weighted by molar-refractivity contribution is 7.89. The van der Waals surface area contributed by atoms with Gasteiger partial charge in [-0.05, 0) is 66.9 Å². The van der Waals surface area contributed by atoms with Crippen molar-refractivity contribution in [2.24, 2.45) is 4.99 Å². The number of nitrogens with zero attached hydrogens (tertiary/aromatic N) is 3. The highest BCUT2D eigenvalue weighted by atomic mass is 32.2. The van der Waals surface area contributed by atoms with E-state index in [1.807, 2.05) is 54.0 Å². The van der Waals surface area contributed by atoms with Crippen LogP contribution < -0.4 is 9.54 Å². The number of amides is 1. The zero-order valence-electron chi connectivity index (χ0n) is 20.5. The number of carbonyl (C=O) groups excluding carboxylic acids is 1. The molecule has 37 heavy (non-hydrogen) atoms. The summed E-state index contributed by atoms with van der Waals surface area (Å²) < 4.78 is 36.5. The van der Waals surface area contributed by atoms with Crippen molar-refractivity contribution in [3.63, 3.8) is 0 Å². The average Bonchev–Trinajstić information content (AvgIpc) is 3.24. The van der Waals surface area contributed by atoms with Crippen molar-refractivity contribution >= 4 is 37.5 Å². The molecule has 0 fully saturated rings. The van der Waals surface area contributed by atoms with Gasteiger partial charge >= 0.3 is 0 Å². The summed E-state index contributed by atoms with van der Waals surface area (Å²) in [7, 11) is -3.68. The van der Waals surface area contributed by atoms with Crippen molar-refractivity contribution in [3.8, 4) is 5.75 Å². The van der Waals surface area contributed by atoms with Gasteiger partial charge in [0.05, 0.1) is 21.7 Å². The molecule has 7 nitrogen and oxygen atoms in total. The monoisotopic (exact) mass is 533 g/mol. The molecule has 0 bridgehead atoms. The van der Waals surface area contributed by atoms with Gasteiger partial charge in [0.2, 0.25) is 10.0 Å². The molecule has 1 amide bonds. The number of hydrogen-bond acceptors (Lipinski definition) is 5. The number of benzene rings is 3. The number of ether oxygens (including phenoxy) is 1. The van der Waals surface area contributed by atoms with Crippen LogP contribution >= 0.6 is 11.3 Å². The van der Waals surface area contributed by atoms with Gasteiger partial charge < -0.3 is 9.30 Å². The molecule has 0 atom stereocenters. The first-order valence-electron chi connectivity index (χ1n) is 12.0. The van der Waals surface area contributed by atoms with Crippen molar-refractivity contribution in [2.45, 2.75) is 31.3 Å². The number of hydrogen-bond donors (Lipinski definition) is 0. The van der Waals surface area contributed by atoms with E-state index in [0.717, 1.165) is 21.5 Å². The normalized spacial score (nSPS) is 14.5. The molecule has 0 N–H and O–H groups in total. The first kappa shape index (κ1) is 25.1. The Hall–Kier alpha value is -3.53. The average molecular weight is 534 g/mol. The molecule has 1 aromatic heterocycles. The maximum atomic E-state index is 13.3. The highest BCUT2D eigenvalue weighted by Crippen LogP contribution is 2.26. The third-order valence-electron chi connectivity index (χ3n) is 6.31. The third-order valence-corrected chi connectivity index (χ3v) is 9.21. The van der Waals surface area contributed by atoms with Crippen LogP contribution in [-0.2, 0) is 29.5 Å². The Bertz CT molecular complexity index is 1650. The lowest BCUT2D eigenvalue weighted by Crippen LogP contribution is -2.35. The smallest absolute Gasteiger partial charge is 0.279 e. The molecule has 0 saturated carbocycles. The van der Waals surface area contributed by atoms with Gasteiger partial charge in [-0.2, -0.15) is 9.30 Å². The summed E-state index contributed by atoms with van der Waals surface area (Å²) in [4.78, 5) is 18.1. The molecule has 0 spiro atoms. The van der Waals surface area contributed by atoms with Crippen LogP contribution in [-0.4, -0.2) is 36.3 Å². The molecule has 9 heteroatoms. The van der Waals surface area contributed by atoms with E-state index in [4.69, 9.17) is 4.74 Å². The fraction of sp³-hybridized carbons (Fsp3) is 0.214. The zero-order chi connectivity index (χ0) is 26.0. The molecule has 2 heterocycles. The number of sulfonamides is 1. The molecule has 3 aromatic carbocycles. The molecule has 1 aliphatic heterocycles. The highest BCUT2D eigenvalue weighted by Gasteiger charge is 2.28. The van der Waals surface area contributed by atoms with Crippen LogP contribution in [0.4, 0.5) is 0 Å². The van der Waals surface area contributed by atoms with Crippen molar-refractivity contribution < 1.29 is 17.9 Å². The fourth-order valence-corrected chi connectivity index (χ4v) is 6.93. The van der Waals surface area contributed by atoms with Crippen molar-refractivity contribution in [1.29, 1.82) is 0 Å². The Labute approximate surface area is 220 Å².